The minimum absolute atomic E-state index is 0.748. The van der Waals surface area contributed by atoms with Crippen LogP contribution in [0.25, 0.3) is 10.9 Å². The standard InChI is InChI=1S/C28H24N4O/c1-20-16-23(12-14-27(20)33-24-7-3-2-4-8-24)32-28-25-17-21(11-13-26(25)30-19-31-28)9-10-22-6-5-15-29-18-22/h2-4,7-8,11-14,16-19,29H,5-6,15H2,1H3,(H,30,31,32). The van der Waals surface area contributed by atoms with Crippen molar-refractivity contribution in [2.45, 2.75) is 19.8 Å². The molecule has 2 heterocycles. The predicted octanol–water partition coefficient (Wildman–Crippen LogP) is 6.09. The van der Waals surface area contributed by atoms with E-state index in [0.29, 0.717) is 0 Å². The van der Waals surface area contributed by atoms with Gasteiger partial charge in [0.1, 0.15) is 23.6 Å². The van der Waals surface area contributed by atoms with Gasteiger partial charge in [0, 0.05) is 35.0 Å². The number of anilines is 2. The zero-order valence-electron chi connectivity index (χ0n) is 18.4. The molecule has 1 aliphatic heterocycles. The normalized spacial score (nSPS) is 12.8. The van der Waals surface area contributed by atoms with Crippen LogP contribution >= 0.6 is 0 Å². The van der Waals surface area contributed by atoms with Crippen LogP contribution in [-0.4, -0.2) is 16.5 Å². The van der Waals surface area contributed by atoms with Crippen LogP contribution in [0.4, 0.5) is 11.5 Å². The van der Waals surface area contributed by atoms with Gasteiger partial charge >= 0.3 is 0 Å². The van der Waals surface area contributed by atoms with E-state index in [1.165, 1.54) is 0 Å². The molecule has 1 aromatic heterocycles. The van der Waals surface area contributed by atoms with Gasteiger partial charge in [-0.25, -0.2) is 9.97 Å². The van der Waals surface area contributed by atoms with E-state index in [0.717, 1.165) is 70.0 Å². The van der Waals surface area contributed by atoms with Gasteiger partial charge in [-0.15, -0.1) is 0 Å². The van der Waals surface area contributed by atoms with Crippen LogP contribution in [0.1, 0.15) is 24.0 Å². The number of hydrogen-bond acceptors (Lipinski definition) is 5. The van der Waals surface area contributed by atoms with Gasteiger partial charge in [0.15, 0.2) is 0 Å². The van der Waals surface area contributed by atoms with E-state index < -0.39 is 0 Å². The highest BCUT2D eigenvalue weighted by atomic mass is 16.5. The maximum Gasteiger partial charge on any atom is 0.141 e. The molecule has 0 saturated heterocycles. The molecule has 4 aromatic rings. The molecule has 0 radical (unpaired) electrons. The van der Waals surface area contributed by atoms with Crippen LogP contribution in [0.2, 0.25) is 0 Å². The number of para-hydroxylation sites is 1. The Morgan fingerprint density at radius 2 is 1.88 bits per heavy atom. The smallest absolute Gasteiger partial charge is 0.141 e. The molecule has 1 aliphatic rings. The van der Waals surface area contributed by atoms with Crippen LogP contribution in [0.5, 0.6) is 11.5 Å². The summed E-state index contributed by atoms with van der Waals surface area (Å²) in [6.45, 7) is 3.05. The maximum atomic E-state index is 6.00. The van der Waals surface area contributed by atoms with Gasteiger partial charge in [-0.1, -0.05) is 30.0 Å². The Labute approximate surface area is 193 Å². The van der Waals surface area contributed by atoms with Crippen molar-refractivity contribution in [2.75, 3.05) is 11.9 Å². The summed E-state index contributed by atoms with van der Waals surface area (Å²) in [5, 5.41) is 7.62. The number of rotatable bonds is 4. The molecule has 3 aromatic carbocycles. The van der Waals surface area contributed by atoms with E-state index in [9.17, 15) is 0 Å². The number of fused-ring (bicyclic) bond motifs is 1. The third-order valence-corrected chi connectivity index (χ3v) is 5.45. The molecule has 0 saturated carbocycles. The number of nitrogens with zero attached hydrogens (tertiary/aromatic N) is 2. The van der Waals surface area contributed by atoms with Crippen molar-refractivity contribution in [1.29, 1.82) is 0 Å². The third-order valence-electron chi connectivity index (χ3n) is 5.45. The monoisotopic (exact) mass is 432 g/mol. The van der Waals surface area contributed by atoms with Crippen molar-refractivity contribution >= 4 is 22.4 Å². The van der Waals surface area contributed by atoms with E-state index in [1.807, 2.05) is 73.8 Å². The Kier molecular flexibility index (Phi) is 5.90. The zero-order valence-corrected chi connectivity index (χ0v) is 18.4. The van der Waals surface area contributed by atoms with E-state index in [1.54, 1.807) is 6.33 Å². The Morgan fingerprint density at radius 1 is 0.970 bits per heavy atom. The average molecular weight is 433 g/mol. The molecular weight excluding hydrogens is 408 g/mol. The second kappa shape index (κ2) is 9.46. The highest BCUT2D eigenvalue weighted by Crippen LogP contribution is 2.30. The van der Waals surface area contributed by atoms with Crippen LogP contribution in [0.15, 0.2) is 84.8 Å². The fourth-order valence-corrected chi connectivity index (χ4v) is 3.73. The molecule has 0 aliphatic carbocycles. The Balaban J connectivity index is 1.40. The van der Waals surface area contributed by atoms with Crippen molar-refractivity contribution in [3.05, 3.63) is 96.0 Å². The first-order valence-electron chi connectivity index (χ1n) is 11.0. The lowest BCUT2D eigenvalue weighted by molar-refractivity contribution is 0.479. The molecule has 33 heavy (non-hydrogen) atoms. The van der Waals surface area contributed by atoms with Crippen LogP contribution in [0.3, 0.4) is 0 Å². The number of ether oxygens (including phenoxy) is 1. The van der Waals surface area contributed by atoms with Gasteiger partial charge < -0.3 is 15.4 Å². The third kappa shape index (κ3) is 4.97. The highest BCUT2D eigenvalue weighted by molar-refractivity contribution is 5.91. The molecule has 0 atom stereocenters. The fraction of sp³-hybridized carbons (Fsp3) is 0.143. The van der Waals surface area contributed by atoms with Gasteiger partial charge in [-0.3, -0.25) is 0 Å². The van der Waals surface area contributed by atoms with Crippen molar-refractivity contribution in [2.24, 2.45) is 0 Å². The Hall–Kier alpha value is -4.30. The number of benzene rings is 3. The molecule has 0 amide bonds. The second-order valence-corrected chi connectivity index (χ2v) is 7.95. The summed E-state index contributed by atoms with van der Waals surface area (Å²) in [7, 11) is 0. The number of aromatic nitrogens is 2. The Morgan fingerprint density at radius 3 is 2.70 bits per heavy atom. The van der Waals surface area contributed by atoms with Gasteiger partial charge in [0.25, 0.3) is 0 Å². The van der Waals surface area contributed by atoms with Crippen LogP contribution in [0, 0.1) is 18.8 Å². The van der Waals surface area contributed by atoms with Crippen molar-refractivity contribution in [3.63, 3.8) is 0 Å². The minimum atomic E-state index is 0.748. The average Bonchev–Trinajstić information content (AvgIpc) is 2.86. The Bertz CT molecular complexity index is 1380. The first-order valence-corrected chi connectivity index (χ1v) is 11.0. The lowest BCUT2D eigenvalue weighted by Crippen LogP contribution is -2.12. The van der Waals surface area contributed by atoms with E-state index in [4.69, 9.17) is 4.74 Å². The number of allylic oxidation sites excluding steroid dienone is 1. The summed E-state index contributed by atoms with van der Waals surface area (Å²) in [4.78, 5) is 8.90. The minimum Gasteiger partial charge on any atom is -0.457 e. The second-order valence-electron chi connectivity index (χ2n) is 7.95. The van der Waals surface area contributed by atoms with Gasteiger partial charge in [0.2, 0.25) is 0 Å². The molecule has 2 N–H and O–H groups in total. The summed E-state index contributed by atoms with van der Waals surface area (Å²) >= 11 is 0. The van der Waals surface area contributed by atoms with Gasteiger partial charge in [0.05, 0.1) is 5.52 Å². The molecule has 0 fully saturated rings. The molecule has 0 unspecified atom stereocenters. The zero-order chi connectivity index (χ0) is 22.5. The molecule has 162 valence electrons. The molecule has 0 bridgehead atoms. The summed E-state index contributed by atoms with van der Waals surface area (Å²) in [6, 6.07) is 21.8. The van der Waals surface area contributed by atoms with Crippen molar-refractivity contribution in [1.82, 2.24) is 15.3 Å². The molecule has 5 rings (SSSR count). The van der Waals surface area contributed by atoms with E-state index in [-0.39, 0.29) is 0 Å². The number of hydrogen-bond donors (Lipinski definition) is 2. The van der Waals surface area contributed by atoms with Crippen molar-refractivity contribution < 1.29 is 4.74 Å². The molecule has 5 heteroatoms. The molecular formula is C28H24N4O. The lowest BCUT2D eigenvalue weighted by atomic mass is 10.1. The first-order chi connectivity index (χ1) is 16.2. The van der Waals surface area contributed by atoms with Crippen LogP contribution < -0.4 is 15.4 Å². The van der Waals surface area contributed by atoms with Gasteiger partial charge in [-0.2, -0.15) is 0 Å². The predicted molar refractivity (Wildman–Crippen MR) is 133 cm³/mol. The van der Waals surface area contributed by atoms with E-state index >= 15 is 0 Å². The lowest BCUT2D eigenvalue weighted by Gasteiger charge is -2.12. The number of aryl methyl sites for hydroxylation is 1. The largest absolute Gasteiger partial charge is 0.457 e. The van der Waals surface area contributed by atoms with Gasteiger partial charge in [-0.05, 0) is 73.9 Å². The van der Waals surface area contributed by atoms with Crippen LogP contribution in [-0.2, 0) is 0 Å². The highest BCUT2D eigenvalue weighted by Gasteiger charge is 2.08. The summed E-state index contributed by atoms with van der Waals surface area (Å²) in [5.41, 5.74) is 4.91. The van der Waals surface area contributed by atoms with Crippen molar-refractivity contribution in [3.8, 4) is 23.3 Å². The van der Waals surface area contributed by atoms with E-state index in [2.05, 4.69) is 38.5 Å². The quantitative estimate of drug-likeness (QED) is 0.382. The summed E-state index contributed by atoms with van der Waals surface area (Å²) in [6.07, 6.45) is 5.73. The maximum absolute atomic E-state index is 6.00. The SMILES string of the molecule is Cc1cc(Nc2ncnc3ccc(C#CC4=CNCCC4)cc23)ccc1Oc1ccccc1. The first kappa shape index (κ1) is 20.6. The number of nitrogens with one attached hydrogen (secondary N) is 2. The topological polar surface area (TPSA) is 59.1 Å². The molecule has 0 spiro atoms. The summed E-state index contributed by atoms with van der Waals surface area (Å²) < 4.78 is 6.00. The molecule has 5 nitrogen and oxygen atoms in total. The fourth-order valence-electron chi connectivity index (χ4n) is 3.73. The summed E-state index contributed by atoms with van der Waals surface area (Å²) in [5.74, 6) is 8.95.